The monoisotopic (exact) mass is 834 g/mol. The van der Waals surface area contributed by atoms with Crippen LogP contribution >= 0.6 is 11.6 Å². The van der Waals surface area contributed by atoms with E-state index in [1.807, 2.05) is 0 Å². The molecular weight excluding hydrogens is 780 g/mol. The van der Waals surface area contributed by atoms with E-state index < -0.39 is 104 Å². The van der Waals surface area contributed by atoms with Crippen LogP contribution in [0.5, 0.6) is 0 Å². The zero-order valence-corrected chi connectivity index (χ0v) is 35.4. The van der Waals surface area contributed by atoms with Gasteiger partial charge in [-0.3, -0.25) is 24.0 Å². The SMILES string of the molecule is CCS(=O)(=O)/C(Cl)=C/[C@H](CC(=O)OC(C)(C)C)NC(=O)[C@@H](NC(=O)[C@@H](NC(=O)[C@H](CC(=O)OC(C)(C)C)NC(=O)OCc1ccccc1)c1ccccc1)C(C)C. The van der Waals surface area contributed by atoms with Crippen LogP contribution in [0.2, 0.25) is 0 Å². The van der Waals surface area contributed by atoms with Crippen LogP contribution in [0.4, 0.5) is 4.79 Å². The quantitative estimate of drug-likeness (QED) is 0.119. The summed E-state index contributed by atoms with van der Waals surface area (Å²) in [5.74, 6) is -5.08. The Balaban J connectivity index is 2.42. The first kappa shape index (κ1) is 48.2. The van der Waals surface area contributed by atoms with Crippen LogP contribution in [0.25, 0.3) is 0 Å². The van der Waals surface area contributed by atoms with Gasteiger partial charge < -0.3 is 35.5 Å². The molecule has 2 aromatic carbocycles. The average Bonchev–Trinajstić information content (AvgIpc) is 3.10. The Morgan fingerprint density at radius 1 is 0.719 bits per heavy atom. The molecule has 2 rings (SSSR count). The van der Waals surface area contributed by atoms with E-state index >= 15 is 0 Å². The summed E-state index contributed by atoms with van der Waals surface area (Å²) < 4.78 is 40.4. The molecule has 0 bridgehead atoms. The predicted molar refractivity (Wildman–Crippen MR) is 214 cm³/mol. The minimum atomic E-state index is -3.91. The Morgan fingerprint density at radius 3 is 1.75 bits per heavy atom. The number of halogens is 1. The Morgan fingerprint density at radius 2 is 1.25 bits per heavy atom. The molecule has 4 amide bonds. The molecule has 0 aliphatic rings. The van der Waals surface area contributed by atoms with E-state index in [1.54, 1.807) is 116 Å². The fourth-order valence-corrected chi connectivity index (χ4v) is 6.14. The maximum Gasteiger partial charge on any atom is 0.408 e. The number of esters is 2. The number of hydrogen-bond donors (Lipinski definition) is 4. The van der Waals surface area contributed by atoms with Crippen LogP contribution in [0.1, 0.15) is 92.3 Å². The highest BCUT2D eigenvalue weighted by molar-refractivity contribution is 7.96. The summed E-state index contributed by atoms with van der Waals surface area (Å²) in [5, 5.41) is 10.2. The first-order valence-corrected chi connectivity index (χ1v) is 20.4. The highest BCUT2D eigenvalue weighted by Gasteiger charge is 2.35. The van der Waals surface area contributed by atoms with Gasteiger partial charge >= 0.3 is 18.0 Å². The number of carbonyl (C=O) groups excluding carboxylic acids is 6. The lowest BCUT2D eigenvalue weighted by Gasteiger charge is -2.28. The van der Waals surface area contributed by atoms with E-state index in [0.717, 1.165) is 6.08 Å². The summed E-state index contributed by atoms with van der Waals surface area (Å²) in [5.41, 5.74) is -0.839. The molecule has 0 aromatic heterocycles. The molecule has 0 aliphatic heterocycles. The lowest BCUT2D eigenvalue weighted by atomic mass is 10.00. The molecule has 15 nitrogen and oxygen atoms in total. The molecule has 0 radical (unpaired) electrons. The number of amides is 4. The van der Waals surface area contributed by atoms with Gasteiger partial charge in [-0.25, -0.2) is 13.2 Å². The van der Waals surface area contributed by atoms with Crippen molar-refractivity contribution < 1.29 is 51.4 Å². The molecule has 0 unspecified atom stereocenters. The van der Waals surface area contributed by atoms with Crippen molar-refractivity contribution in [2.45, 2.75) is 117 Å². The number of carbonyl (C=O) groups is 6. The van der Waals surface area contributed by atoms with Crippen molar-refractivity contribution in [2.24, 2.45) is 5.92 Å². The number of nitrogens with one attached hydrogen (secondary N) is 4. The molecule has 0 saturated heterocycles. The van der Waals surface area contributed by atoms with Gasteiger partial charge in [-0.15, -0.1) is 0 Å². The van der Waals surface area contributed by atoms with E-state index in [9.17, 15) is 37.2 Å². The zero-order chi connectivity index (χ0) is 43.1. The molecule has 57 heavy (non-hydrogen) atoms. The maximum absolute atomic E-state index is 14.1. The largest absolute Gasteiger partial charge is 0.460 e. The average molecular weight is 835 g/mol. The molecule has 4 N–H and O–H groups in total. The summed E-state index contributed by atoms with van der Waals surface area (Å²) in [7, 11) is -3.91. The van der Waals surface area contributed by atoms with Crippen LogP contribution in [-0.2, 0) is 54.6 Å². The Kier molecular flexibility index (Phi) is 18.2. The molecule has 0 fully saturated rings. The second kappa shape index (κ2) is 21.5. The third-order valence-electron chi connectivity index (χ3n) is 7.68. The molecular formula is C40H55ClN4O11S. The normalized spacial score (nSPS) is 14.3. The molecule has 0 heterocycles. The van der Waals surface area contributed by atoms with Crippen LogP contribution in [0, 0.1) is 5.92 Å². The molecule has 4 atom stereocenters. The number of benzene rings is 2. The number of alkyl carbamates (subject to hydrolysis) is 1. The Hall–Kier alpha value is -4.96. The number of sulfone groups is 1. The van der Waals surface area contributed by atoms with E-state index in [1.165, 1.54) is 6.92 Å². The summed E-state index contributed by atoms with van der Waals surface area (Å²) >= 11 is 6.11. The van der Waals surface area contributed by atoms with Gasteiger partial charge in [0, 0.05) is 0 Å². The number of ether oxygens (including phenoxy) is 3. The summed E-state index contributed by atoms with van der Waals surface area (Å²) in [6.07, 6.45) is -1.09. The molecule has 0 aliphatic carbocycles. The number of rotatable bonds is 18. The molecule has 17 heteroatoms. The van der Waals surface area contributed by atoms with Gasteiger partial charge in [0.05, 0.1) is 24.6 Å². The topological polar surface area (TPSA) is 212 Å². The molecule has 2 aromatic rings. The second-order valence-corrected chi connectivity index (χ2v) is 18.3. The van der Waals surface area contributed by atoms with Gasteiger partial charge in [-0.1, -0.05) is 93.0 Å². The Labute approximate surface area is 339 Å². The zero-order valence-electron chi connectivity index (χ0n) is 33.8. The Bertz CT molecular complexity index is 1840. The molecule has 0 saturated carbocycles. The third-order valence-corrected chi connectivity index (χ3v) is 10.0. The van der Waals surface area contributed by atoms with Crippen LogP contribution in [0.15, 0.2) is 71.1 Å². The lowest BCUT2D eigenvalue weighted by Crippen LogP contribution is -2.56. The van der Waals surface area contributed by atoms with Gasteiger partial charge in [0.25, 0.3) is 0 Å². The van der Waals surface area contributed by atoms with E-state index in [0.29, 0.717) is 5.56 Å². The predicted octanol–water partition coefficient (Wildman–Crippen LogP) is 4.74. The third kappa shape index (κ3) is 17.8. The van der Waals surface area contributed by atoms with Crippen molar-refractivity contribution in [3.05, 3.63) is 82.2 Å². The van der Waals surface area contributed by atoms with Crippen molar-refractivity contribution in [1.29, 1.82) is 0 Å². The van der Waals surface area contributed by atoms with E-state index in [4.69, 9.17) is 25.8 Å². The van der Waals surface area contributed by atoms with Gasteiger partial charge in [0.15, 0.2) is 9.84 Å². The first-order valence-electron chi connectivity index (χ1n) is 18.4. The van der Waals surface area contributed by atoms with E-state index in [-0.39, 0.29) is 17.9 Å². The maximum atomic E-state index is 14.1. The highest BCUT2D eigenvalue weighted by atomic mass is 35.5. The van der Waals surface area contributed by atoms with Crippen molar-refractivity contribution in [3.8, 4) is 0 Å². The van der Waals surface area contributed by atoms with Crippen molar-refractivity contribution in [3.63, 3.8) is 0 Å². The molecule has 314 valence electrons. The minimum Gasteiger partial charge on any atom is -0.460 e. The van der Waals surface area contributed by atoms with E-state index in [2.05, 4.69) is 21.3 Å². The molecule has 0 spiro atoms. The summed E-state index contributed by atoms with van der Waals surface area (Å²) in [4.78, 5) is 80.3. The van der Waals surface area contributed by atoms with Crippen LogP contribution in [0.3, 0.4) is 0 Å². The van der Waals surface area contributed by atoms with Gasteiger partial charge in [0.2, 0.25) is 17.7 Å². The highest BCUT2D eigenvalue weighted by Crippen LogP contribution is 2.19. The first-order chi connectivity index (χ1) is 26.4. The van der Waals surface area contributed by atoms with Gasteiger partial charge in [0.1, 0.15) is 40.3 Å². The fraction of sp³-hybridized carbons (Fsp3) is 0.500. The summed E-state index contributed by atoms with van der Waals surface area (Å²) in [6, 6.07) is 11.2. The minimum absolute atomic E-state index is 0.129. The van der Waals surface area contributed by atoms with Gasteiger partial charge in [-0.05, 0) is 64.7 Å². The van der Waals surface area contributed by atoms with Crippen LogP contribution in [-0.4, -0.2) is 79.3 Å². The summed E-state index contributed by atoms with van der Waals surface area (Å²) in [6.45, 7) is 14.4. The van der Waals surface area contributed by atoms with Crippen molar-refractivity contribution in [2.75, 3.05) is 5.75 Å². The lowest BCUT2D eigenvalue weighted by molar-refractivity contribution is -0.157. The fourth-order valence-electron chi connectivity index (χ4n) is 5.01. The standard InChI is InChI=1S/C40H55ClN4O11S/c1-10-57(52,53)30(41)21-28(22-31(46)55-39(4,5)6)42-36(49)33(25(2)3)44-37(50)34(27-19-15-12-16-20-27)45-35(48)29(23-32(47)56-40(7,8)9)43-38(51)54-24-26-17-13-11-14-18-26/h11-21,25,28-29,33-34H,10,22-24H2,1-9H3,(H,42,49)(H,43,51)(H,44,50)(H,45,48)/b30-21+/t28-,29+,33+,34+/m1/s1. The van der Waals surface area contributed by atoms with Gasteiger partial charge in [-0.2, -0.15) is 0 Å². The van der Waals surface area contributed by atoms with Crippen molar-refractivity contribution in [1.82, 2.24) is 21.3 Å². The second-order valence-electron chi connectivity index (χ2n) is 15.4. The number of hydrogen-bond acceptors (Lipinski definition) is 11. The van der Waals surface area contributed by atoms with Crippen molar-refractivity contribution >= 4 is 57.2 Å². The van der Waals surface area contributed by atoms with Crippen LogP contribution < -0.4 is 21.3 Å². The smallest absolute Gasteiger partial charge is 0.408 e.